The number of amides is 1. The zero-order valence-corrected chi connectivity index (χ0v) is 15.1. The number of primary amides is 1. The van der Waals surface area contributed by atoms with Gasteiger partial charge in [-0.25, -0.2) is 0 Å². The summed E-state index contributed by atoms with van der Waals surface area (Å²) in [6.07, 6.45) is 0.515. The van der Waals surface area contributed by atoms with Crippen LogP contribution in [0.15, 0.2) is 42.5 Å². The molecule has 0 saturated carbocycles. The Bertz CT molecular complexity index is 702. The van der Waals surface area contributed by atoms with Crippen molar-refractivity contribution in [1.82, 2.24) is 0 Å². The molecule has 0 aliphatic heterocycles. The van der Waals surface area contributed by atoms with Gasteiger partial charge in [0, 0.05) is 10.0 Å². The summed E-state index contributed by atoms with van der Waals surface area (Å²) in [7, 11) is 0. The predicted molar refractivity (Wildman–Crippen MR) is 97.2 cm³/mol. The molecule has 0 aromatic heterocycles. The first kappa shape index (κ1) is 17.8. The van der Waals surface area contributed by atoms with Crippen LogP contribution in [-0.4, -0.2) is 5.91 Å². The average Bonchev–Trinajstić information content (AvgIpc) is 2.45. The van der Waals surface area contributed by atoms with E-state index in [0.717, 1.165) is 5.56 Å². The Labute approximate surface area is 147 Å². The van der Waals surface area contributed by atoms with Crippen LogP contribution in [0.25, 0.3) is 0 Å². The molecule has 0 aliphatic carbocycles. The highest BCUT2D eigenvalue weighted by Gasteiger charge is 2.22. The van der Waals surface area contributed by atoms with E-state index in [4.69, 9.17) is 28.9 Å². The molecule has 2 aromatic rings. The first-order valence-electron chi connectivity index (χ1n) is 7.52. The molecule has 2 N–H and O–H groups in total. The normalized spacial score (nSPS) is 12.9. The molecule has 1 atom stereocenters. The molecular formula is C19H21Cl2NO. The average molecular weight is 350 g/mol. The summed E-state index contributed by atoms with van der Waals surface area (Å²) in [6, 6.07) is 13.4. The Morgan fingerprint density at radius 3 is 2.17 bits per heavy atom. The van der Waals surface area contributed by atoms with Crippen LogP contribution in [0, 0.1) is 0 Å². The zero-order chi connectivity index (χ0) is 17.2. The predicted octanol–water partition coefficient (Wildman–Crippen LogP) is 5.10. The van der Waals surface area contributed by atoms with Crippen molar-refractivity contribution in [3.8, 4) is 0 Å². The number of hydrogen-bond acceptors (Lipinski definition) is 1. The lowest BCUT2D eigenvalue weighted by Gasteiger charge is -2.20. The van der Waals surface area contributed by atoms with Gasteiger partial charge in [0.2, 0.25) is 5.91 Å². The van der Waals surface area contributed by atoms with Crippen LogP contribution in [0.5, 0.6) is 0 Å². The first-order valence-corrected chi connectivity index (χ1v) is 8.28. The van der Waals surface area contributed by atoms with E-state index in [1.165, 1.54) is 5.56 Å². The van der Waals surface area contributed by atoms with Crippen molar-refractivity contribution >= 4 is 29.1 Å². The standard InChI is InChI=1S/C19H21Cl2NO/c1-19(2,3)13-6-4-12(5-7-13)10-16(18(22)23)15-9-8-14(20)11-17(15)21/h4-9,11,16H,10H2,1-3H3,(H2,22,23). The van der Waals surface area contributed by atoms with Gasteiger partial charge in [-0.3, -0.25) is 4.79 Å². The van der Waals surface area contributed by atoms with Crippen LogP contribution in [0.2, 0.25) is 10.0 Å². The van der Waals surface area contributed by atoms with Crippen LogP contribution in [0.4, 0.5) is 0 Å². The fraction of sp³-hybridized carbons (Fsp3) is 0.316. The molecule has 4 heteroatoms. The van der Waals surface area contributed by atoms with E-state index in [0.29, 0.717) is 22.0 Å². The minimum Gasteiger partial charge on any atom is -0.369 e. The molecule has 1 unspecified atom stereocenters. The lowest BCUT2D eigenvalue weighted by molar-refractivity contribution is -0.119. The summed E-state index contributed by atoms with van der Waals surface area (Å²) in [6.45, 7) is 6.51. The van der Waals surface area contributed by atoms with E-state index in [1.54, 1.807) is 18.2 Å². The molecule has 0 aliphatic rings. The molecule has 0 fully saturated rings. The van der Waals surface area contributed by atoms with Crippen LogP contribution < -0.4 is 5.73 Å². The van der Waals surface area contributed by atoms with Crippen LogP contribution >= 0.6 is 23.2 Å². The van der Waals surface area contributed by atoms with E-state index in [1.807, 2.05) is 12.1 Å². The van der Waals surface area contributed by atoms with Crippen LogP contribution in [0.3, 0.4) is 0 Å². The van der Waals surface area contributed by atoms with Crippen molar-refractivity contribution in [2.24, 2.45) is 5.73 Å². The lowest BCUT2D eigenvalue weighted by Crippen LogP contribution is -2.23. The molecule has 122 valence electrons. The monoisotopic (exact) mass is 349 g/mol. The lowest BCUT2D eigenvalue weighted by atomic mass is 9.85. The number of hydrogen-bond donors (Lipinski definition) is 1. The zero-order valence-electron chi connectivity index (χ0n) is 13.6. The van der Waals surface area contributed by atoms with Crippen molar-refractivity contribution in [3.05, 3.63) is 69.2 Å². The van der Waals surface area contributed by atoms with Crippen molar-refractivity contribution in [2.75, 3.05) is 0 Å². The number of benzene rings is 2. The SMILES string of the molecule is CC(C)(C)c1ccc(CC(C(N)=O)c2ccc(Cl)cc2Cl)cc1. The molecule has 0 bridgehead atoms. The fourth-order valence-electron chi connectivity index (χ4n) is 2.52. The fourth-order valence-corrected chi connectivity index (χ4v) is 3.06. The minimum atomic E-state index is -0.472. The smallest absolute Gasteiger partial charge is 0.225 e. The van der Waals surface area contributed by atoms with Crippen molar-refractivity contribution in [3.63, 3.8) is 0 Å². The summed E-state index contributed by atoms with van der Waals surface area (Å²) in [5.74, 6) is -0.866. The second-order valence-corrected chi connectivity index (χ2v) is 7.62. The van der Waals surface area contributed by atoms with E-state index in [2.05, 4.69) is 32.9 Å². The van der Waals surface area contributed by atoms with E-state index in [9.17, 15) is 4.79 Å². The van der Waals surface area contributed by atoms with Gasteiger partial charge in [0.25, 0.3) is 0 Å². The van der Waals surface area contributed by atoms with E-state index in [-0.39, 0.29) is 5.41 Å². The molecule has 0 saturated heterocycles. The maximum absolute atomic E-state index is 11.9. The maximum atomic E-state index is 11.9. The van der Waals surface area contributed by atoms with E-state index < -0.39 is 11.8 Å². The topological polar surface area (TPSA) is 43.1 Å². The number of rotatable bonds is 4. The van der Waals surface area contributed by atoms with Gasteiger partial charge in [0.05, 0.1) is 5.92 Å². The summed E-state index contributed by atoms with van der Waals surface area (Å²) in [5.41, 5.74) is 8.70. The number of carbonyl (C=O) groups is 1. The molecule has 2 aromatic carbocycles. The summed E-state index contributed by atoms with van der Waals surface area (Å²) in [4.78, 5) is 11.9. The third-order valence-corrected chi connectivity index (χ3v) is 4.50. The third kappa shape index (κ3) is 4.49. The first-order chi connectivity index (χ1) is 10.7. The van der Waals surface area contributed by atoms with Gasteiger partial charge < -0.3 is 5.73 Å². The van der Waals surface area contributed by atoms with E-state index >= 15 is 0 Å². The molecule has 2 rings (SSSR count). The highest BCUT2D eigenvalue weighted by molar-refractivity contribution is 6.35. The molecule has 2 nitrogen and oxygen atoms in total. The van der Waals surface area contributed by atoms with Gasteiger partial charge in [-0.2, -0.15) is 0 Å². The summed E-state index contributed by atoms with van der Waals surface area (Å²) in [5, 5.41) is 1.00. The molecular weight excluding hydrogens is 329 g/mol. The van der Waals surface area contributed by atoms with Gasteiger partial charge in [-0.05, 0) is 40.7 Å². The van der Waals surface area contributed by atoms with Gasteiger partial charge in [0.15, 0.2) is 0 Å². The molecule has 1 amide bonds. The summed E-state index contributed by atoms with van der Waals surface area (Å²) >= 11 is 12.1. The Kier molecular flexibility index (Phi) is 5.38. The number of nitrogens with two attached hydrogens (primary N) is 1. The molecule has 0 heterocycles. The van der Waals surface area contributed by atoms with Crippen molar-refractivity contribution in [1.29, 1.82) is 0 Å². The van der Waals surface area contributed by atoms with Gasteiger partial charge in [-0.1, -0.05) is 74.3 Å². The number of halogens is 2. The Morgan fingerprint density at radius 1 is 1.09 bits per heavy atom. The summed E-state index contributed by atoms with van der Waals surface area (Å²) < 4.78 is 0. The van der Waals surface area contributed by atoms with Crippen molar-refractivity contribution < 1.29 is 4.79 Å². The van der Waals surface area contributed by atoms with Crippen molar-refractivity contribution in [2.45, 2.75) is 38.5 Å². The second-order valence-electron chi connectivity index (χ2n) is 6.77. The Morgan fingerprint density at radius 2 is 1.70 bits per heavy atom. The van der Waals surface area contributed by atoms with Gasteiger partial charge >= 0.3 is 0 Å². The highest BCUT2D eigenvalue weighted by Crippen LogP contribution is 2.30. The second kappa shape index (κ2) is 6.94. The maximum Gasteiger partial charge on any atom is 0.225 e. The number of carbonyl (C=O) groups excluding carboxylic acids is 1. The Balaban J connectivity index is 2.28. The van der Waals surface area contributed by atoms with Gasteiger partial charge in [0.1, 0.15) is 0 Å². The molecule has 0 spiro atoms. The van der Waals surface area contributed by atoms with Gasteiger partial charge in [-0.15, -0.1) is 0 Å². The third-order valence-electron chi connectivity index (χ3n) is 3.94. The van der Waals surface area contributed by atoms with Crippen LogP contribution in [-0.2, 0) is 16.6 Å². The molecule has 23 heavy (non-hydrogen) atoms. The quantitative estimate of drug-likeness (QED) is 0.819. The Hall–Kier alpha value is -1.51. The minimum absolute atomic E-state index is 0.0983. The molecule has 0 radical (unpaired) electrons. The largest absolute Gasteiger partial charge is 0.369 e. The van der Waals surface area contributed by atoms with Crippen LogP contribution in [0.1, 0.15) is 43.4 Å². The highest BCUT2D eigenvalue weighted by atomic mass is 35.5.